The van der Waals surface area contributed by atoms with Gasteiger partial charge in [-0.2, -0.15) is 0 Å². The van der Waals surface area contributed by atoms with Gasteiger partial charge in [0.1, 0.15) is 5.75 Å². The van der Waals surface area contributed by atoms with Crippen LogP contribution in [-0.4, -0.2) is 28.1 Å². The molecular formula is C15H14ClNO5S. The zero-order chi connectivity index (χ0) is 16.9. The summed E-state index contributed by atoms with van der Waals surface area (Å²) in [6, 6.07) is 12.0. The van der Waals surface area contributed by atoms with Gasteiger partial charge >= 0.3 is 5.97 Å². The molecule has 23 heavy (non-hydrogen) atoms. The van der Waals surface area contributed by atoms with E-state index in [1.165, 1.54) is 37.4 Å². The number of nitrogens with one attached hydrogen (secondary N) is 1. The molecular weight excluding hydrogens is 342 g/mol. The molecule has 0 saturated carbocycles. The fourth-order valence-electron chi connectivity index (χ4n) is 1.68. The molecule has 8 heteroatoms. The van der Waals surface area contributed by atoms with Gasteiger partial charge in [0.25, 0.3) is 10.0 Å². The van der Waals surface area contributed by atoms with Gasteiger partial charge in [0.15, 0.2) is 6.61 Å². The molecule has 0 unspecified atom stereocenters. The first-order chi connectivity index (χ1) is 10.9. The summed E-state index contributed by atoms with van der Waals surface area (Å²) in [5, 5.41) is 0.428. The fraction of sp³-hybridized carbons (Fsp3) is 0.133. The number of anilines is 1. The summed E-state index contributed by atoms with van der Waals surface area (Å²) in [6.07, 6.45) is 0. The lowest BCUT2D eigenvalue weighted by Gasteiger charge is -2.09. The Balaban J connectivity index is 2.09. The van der Waals surface area contributed by atoms with E-state index in [-0.39, 0.29) is 11.5 Å². The lowest BCUT2D eigenvalue weighted by Crippen LogP contribution is -2.14. The van der Waals surface area contributed by atoms with Crippen LogP contribution in [-0.2, 0) is 19.6 Å². The summed E-state index contributed by atoms with van der Waals surface area (Å²) in [5.41, 5.74) is 0.364. The monoisotopic (exact) mass is 355 g/mol. The van der Waals surface area contributed by atoms with Crippen LogP contribution in [0.4, 0.5) is 5.69 Å². The molecule has 0 aromatic heterocycles. The Hall–Kier alpha value is -2.25. The topological polar surface area (TPSA) is 81.7 Å². The summed E-state index contributed by atoms with van der Waals surface area (Å²) in [5.74, 6) is -0.165. The minimum Gasteiger partial charge on any atom is -0.482 e. The lowest BCUT2D eigenvalue weighted by molar-refractivity contribution is -0.142. The van der Waals surface area contributed by atoms with Crippen LogP contribution < -0.4 is 9.46 Å². The normalized spacial score (nSPS) is 10.9. The molecule has 6 nitrogen and oxygen atoms in total. The molecule has 0 heterocycles. The Morgan fingerprint density at radius 3 is 2.48 bits per heavy atom. The molecule has 1 N–H and O–H groups in total. The average molecular weight is 356 g/mol. The second kappa shape index (κ2) is 7.34. The largest absolute Gasteiger partial charge is 0.482 e. The zero-order valence-electron chi connectivity index (χ0n) is 12.2. The Kier molecular flexibility index (Phi) is 5.46. The third-order valence-corrected chi connectivity index (χ3v) is 4.43. The van der Waals surface area contributed by atoms with Crippen LogP contribution in [0, 0.1) is 0 Å². The first-order valence-corrected chi connectivity index (χ1v) is 8.35. The van der Waals surface area contributed by atoms with Crippen LogP contribution in [0.2, 0.25) is 5.02 Å². The van der Waals surface area contributed by atoms with Gasteiger partial charge in [-0.25, -0.2) is 13.2 Å². The highest BCUT2D eigenvalue weighted by molar-refractivity contribution is 7.92. The summed E-state index contributed by atoms with van der Waals surface area (Å²) >= 11 is 5.82. The number of benzene rings is 2. The number of hydrogen-bond acceptors (Lipinski definition) is 5. The first kappa shape index (κ1) is 17.1. The van der Waals surface area contributed by atoms with E-state index in [1.54, 1.807) is 18.2 Å². The number of ether oxygens (including phenoxy) is 2. The maximum absolute atomic E-state index is 12.3. The number of sulfonamides is 1. The molecule has 0 amide bonds. The average Bonchev–Trinajstić information content (AvgIpc) is 2.52. The van der Waals surface area contributed by atoms with Crippen molar-refractivity contribution < 1.29 is 22.7 Å². The number of rotatable bonds is 6. The molecule has 0 fully saturated rings. The minimum absolute atomic E-state index is 0.0582. The van der Waals surface area contributed by atoms with Gasteiger partial charge in [0.05, 0.1) is 17.7 Å². The second-order valence-electron chi connectivity index (χ2n) is 4.45. The molecule has 0 atom stereocenters. The van der Waals surface area contributed by atoms with E-state index in [0.29, 0.717) is 16.5 Å². The van der Waals surface area contributed by atoms with Crippen molar-refractivity contribution >= 4 is 33.3 Å². The molecule has 0 spiro atoms. The molecule has 122 valence electrons. The summed E-state index contributed by atoms with van der Waals surface area (Å²) in [7, 11) is -2.49. The third kappa shape index (κ3) is 4.87. The smallest absolute Gasteiger partial charge is 0.343 e. The van der Waals surface area contributed by atoms with Gasteiger partial charge in [0.2, 0.25) is 0 Å². The van der Waals surface area contributed by atoms with Crippen molar-refractivity contribution in [1.82, 2.24) is 0 Å². The van der Waals surface area contributed by atoms with Crippen LogP contribution in [0.5, 0.6) is 5.75 Å². The highest BCUT2D eigenvalue weighted by Crippen LogP contribution is 2.21. The van der Waals surface area contributed by atoms with E-state index in [2.05, 4.69) is 9.46 Å². The van der Waals surface area contributed by atoms with Gasteiger partial charge in [-0.05, 0) is 42.5 Å². The predicted octanol–water partition coefficient (Wildman–Crippen LogP) is 2.69. The van der Waals surface area contributed by atoms with Gasteiger partial charge < -0.3 is 9.47 Å². The fourth-order valence-corrected chi connectivity index (χ4v) is 2.92. The van der Waals surface area contributed by atoms with Crippen LogP contribution in [0.15, 0.2) is 53.4 Å². The van der Waals surface area contributed by atoms with Gasteiger partial charge in [-0.15, -0.1) is 0 Å². The van der Waals surface area contributed by atoms with E-state index >= 15 is 0 Å². The van der Waals surface area contributed by atoms with Crippen LogP contribution in [0.25, 0.3) is 0 Å². The van der Waals surface area contributed by atoms with Crippen molar-refractivity contribution in [1.29, 1.82) is 0 Å². The molecule has 0 aliphatic heterocycles. The number of carbonyl (C=O) groups excluding carboxylic acids is 1. The lowest BCUT2D eigenvalue weighted by atomic mass is 10.3. The Bertz CT molecular complexity index is 790. The SMILES string of the molecule is COC(=O)COc1ccc(S(=O)(=O)Nc2cccc(Cl)c2)cc1. The number of methoxy groups -OCH3 is 1. The van der Waals surface area contributed by atoms with E-state index in [1.807, 2.05) is 0 Å². The van der Waals surface area contributed by atoms with Crippen molar-refractivity contribution in [2.75, 3.05) is 18.4 Å². The summed E-state index contributed by atoms with van der Waals surface area (Å²) in [4.78, 5) is 11.0. The van der Waals surface area contributed by atoms with Gasteiger partial charge in [-0.1, -0.05) is 17.7 Å². The minimum atomic E-state index is -3.74. The molecule has 2 aromatic rings. The van der Waals surface area contributed by atoms with Crippen molar-refractivity contribution in [3.63, 3.8) is 0 Å². The van der Waals surface area contributed by atoms with Crippen molar-refractivity contribution in [2.45, 2.75) is 4.90 Å². The first-order valence-electron chi connectivity index (χ1n) is 6.49. The van der Waals surface area contributed by atoms with E-state index < -0.39 is 16.0 Å². The van der Waals surface area contributed by atoms with Crippen molar-refractivity contribution in [3.05, 3.63) is 53.6 Å². The van der Waals surface area contributed by atoms with Crippen molar-refractivity contribution in [2.24, 2.45) is 0 Å². The molecule has 0 aliphatic carbocycles. The quantitative estimate of drug-likeness (QED) is 0.806. The Morgan fingerprint density at radius 2 is 1.87 bits per heavy atom. The second-order valence-corrected chi connectivity index (χ2v) is 6.57. The van der Waals surface area contributed by atoms with Gasteiger partial charge in [-0.3, -0.25) is 4.72 Å². The van der Waals surface area contributed by atoms with Crippen LogP contribution in [0.3, 0.4) is 0 Å². The van der Waals surface area contributed by atoms with Crippen molar-refractivity contribution in [3.8, 4) is 5.75 Å². The van der Waals surface area contributed by atoms with Crippen LogP contribution in [0.1, 0.15) is 0 Å². The van der Waals surface area contributed by atoms with E-state index in [9.17, 15) is 13.2 Å². The zero-order valence-corrected chi connectivity index (χ0v) is 13.7. The maximum atomic E-state index is 12.3. The molecule has 0 saturated heterocycles. The molecule has 2 rings (SSSR count). The number of halogens is 1. The maximum Gasteiger partial charge on any atom is 0.343 e. The Morgan fingerprint density at radius 1 is 1.17 bits per heavy atom. The Labute approximate surface area is 139 Å². The molecule has 0 bridgehead atoms. The predicted molar refractivity (Wildman–Crippen MR) is 86.2 cm³/mol. The van der Waals surface area contributed by atoms with Crippen LogP contribution >= 0.6 is 11.6 Å². The molecule has 0 aliphatic rings. The number of esters is 1. The molecule has 0 radical (unpaired) electrons. The third-order valence-electron chi connectivity index (χ3n) is 2.80. The summed E-state index contributed by atoms with van der Waals surface area (Å²) < 4.78 is 36.6. The summed E-state index contributed by atoms with van der Waals surface area (Å²) in [6.45, 7) is -0.247. The highest BCUT2D eigenvalue weighted by atomic mass is 35.5. The van der Waals surface area contributed by atoms with E-state index in [4.69, 9.17) is 16.3 Å². The molecule has 2 aromatic carbocycles. The number of carbonyl (C=O) groups is 1. The van der Waals surface area contributed by atoms with E-state index in [0.717, 1.165) is 0 Å². The standard InChI is InChI=1S/C15H14ClNO5S/c1-21-15(18)10-22-13-5-7-14(8-6-13)23(19,20)17-12-4-2-3-11(16)9-12/h2-9,17H,10H2,1H3. The number of hydrogen-bond donors (Lipinski definition) is 1. The highest BCUT2D eigenvalue weighted by Gasteiger charge is 2.14. The van der Waals surface area contributed by atoms with Gasteiger partial charge in [0, 0.05) is 5.02 Å².